The summed E-state index contributed by atoms with van der Waals surface area (Å²) in [5.74, 6) is 5.80. The fraction of sp³-hybridized carbons (Fsp3) is 0.455. The second-order valence-corrected chi connectivity index (χ2v) is 7.55. The van der Waals surface area contributed by atoms with E-state index >= 15 is 0 Å². The number of rotatable bonds is 3. The minimum Gasteiger partial charge on any atom is -0.271 e. The van der Waals surface area contributed by atoms with E-state index in [-0.39, 0.29) is 23.5 Å². The number of nitrogens with one attached hydrogen (secondary N) is 1. The molecule has 1 aliphatic rings. The van der Waals surface area contributed by atoms with Gasteiger partial charge >= 0.3 is 0 Å². The predicted molar refractivity (Wildman–Crippen MR) is 73.3 cm³/mol. The van der Waals surface area contributed by atoms with E-state index in [1.165, 1.54) is 0 Å². The number of sulfone groups is 1. The van der Waals surface area contributed by atoms with Crippen LogP contribution in [0.5, 0.6) is 0 Å². The van der Waals surface area contributed by atoms with Crippen molar-refractivity contribution in [3.8, 4) is 0 Å². The molecular formula is C11H14Cl2N2O2S. The Kier molecular flexibility index (Phi) is 4.18. The summed E-state index contributed by atoms with van der Waals surface area (Å²) >= 11 is 12.1. The van der Waals surface area contributed by atoms with Gasteiger partial charge in [0.15, 0.2) is 9.84 Å². The minimum absolute atomic E-state index is 0.0732. The SMILES string of the molecule is NNC(c1cc(Cl)ccc1Cl)C1CCS(=O)(=O)C1. The molecule has 0 aliphatic carbocycles. The first-order valence-electron chi connectivity index (χ1n) is 5.54. The maximum atomic E-state index is 11.5. The van der Waals surface area contributed by atoms with Gasteiger partial charge in [-0.05, 0) is 36.1 Å². The lowest BCUT2D eigenvalue weighted by Gasteiger charge is -2.23. The quantitative estimate of drug-likeness (QED) is 0.661. The van der Waals surface area contributed by atoms with Crippen LogP contribution in [0.25, 0.3) is 0 Å². The number of hydrogen-bond acceptors (Lipinski definition) is 4. The molecular weight excluding hydrogens is 295 g/mol. The number of nitrogens with two attached hydrogens (primary N) is 1. The van der Waals surface area contributed by atoms with Gasteiger partial charge in [-0.15, -0.1) is 0 Å². The molecule has 1 heterocycles. The van der Waals surface area contributed by atoms with E-state index < -0.39 is 9.84 Å². The first-order valence-corrected chi connectivity index (χ1v) is 8.12. The summed E-state index contributed by atoms with van der Waals surface area (Å²) in [5.41, 5.74) is 3.40. The Morgan fingerprint density at radius 3 is 2.67 bits per heavy atom. The average Bonchev–Trinajstić information content (AvgIpc) is 2.65. The highest BCUT2D eigenvalue weighted by atomic mass is 35.5. The second-order valence-electron chi connectivity index (χ2n) is 4.47. The number of benzene rings is 1. The maximum absolute atomic E-state index is 11.5. The highest BCUT2D eigenvalue weighted by Gasteiger charge is 2.34. The molecule has 0 spiro atoms. The Hall–Kier alpha value is -0.330. The molecule has 100 valence electrons. The Morgan fingerprint density at radius 2 is 2.11 bits per heavy atom. The molecule has 0 radical (unpaired) electrons. The van der Waals surface area contributed by atoms with Gasteiger partial charge in [-0.25, -0.2) is 8.42 Å². The Bertz CT molecular complexity index is 548. The molecule has 18 heavy (non-hydrogen) atoms. The zero-order valence-corrected chi connectivity index (χ0v) is 11.9. The van der Waals surface area contributed by atoms with Crippen LogP contribution in [-0.2, 0) is 9.84 Å². The lowest BCUT2D eigenvalue weighted by molar-refractivity contribution is 0.399. The highest BCUT2D eigenvalue weighted by molar-refractivity contribution is 7.91. The van der Waals surface area contributed by atoms with Crippen LogP contribution in [0.15, 0.2) is 18.2 Å². The largest absolute Gasteiger partial charge is 0.271 e. The summed E-state index contributed by atoms with van der Waals surface area (Å²) in [5, 5.41) is 1.09. The molecule has 2 rings (SSSR count). The molecule has 3 N–H and O–H groups in total. The van der Waals surface area contributed by atoms with Gasteiger partial charge in [-0.1, -0.05) is 23.2 Å². The van der Waals surface area contributed by atoms with Crippen molar-refractivity contribution < 1.29 is 8.42 Å². The standard InChI is InChI=1S/C11H14Cl2N2O2S/c12-8-1-2-10(13)9(5-8)11(15-14)7-3-4-18(16,17)6-7/h1-2,5,7,11,15H,3-4,6,14H2. The summed E-state index contributed by atoms with van der Waals surface area (Å²) in [7, 11) is -2.95. The van der Waals surface area contributed by atoms with Gasteiger partial charge in [-0.3, -0.25) is 11.3 Å². The summed E-state index contributed by atoms with van der Waals surface area (Å²) in [4.78, 5) is 0. The number of halogens is 2. The monoisotopic (exact) mass is 308 g/mol. The number of hydrazine groups is 1. The van der Waals surface area contributed by atoms with E-state index in [2.05, 4.69) is 5.43 Å². The molecule has 1 fully saturated rings. The molecule has 1 aliphatic heterocycles. The number of hydrogen-bond donors (Lipinski definition) is 2. The van der Waals surface area contributed by atoms with Gasteiger partial charge in [0.2, 0.25) is 0 Å². The topological polar surface area (TPSA) is 72.2 Å². The molecule has 0 aromatic heterocycles. The van der Waals surface area contributed by atoms with Crippen LogP contribution in [0.2, 0.25) is 10.0 Å². The third kappa shape index (κ3) is 2.97. The van der Waals surface area contributed by atoms with Crippen LogP contribution in [0.3, 0.4) is 0 Å². The van der Waals surface area contributed by atoms with Crippen molar-refractivity contribution in [1.82, 2.24) is 5.43 Å². The van der Waals surface area contributed by atoms with Gasteiger partial charge < -0.3 is 0 Å². The molecule has 1 saturated heterocycles. The lowest BCUT2D eigenvalue weighted by Crippen LogP contribution is -2.34. The Balaban J connectivity index is 2.31. The normalized spacial score (nSPS) is 24.1. The molecule has 0 bridgehead atoms. The summed E-state index contributed by atoms with van der Waals surface area (Å²) in [6.07, 6.45) is 0.583. The lowest BCUT2D eigenvalue weighted by atomic mass is 9.93. The molecule has 2 unspecified atom stereocenters. The molecule has 1 aromatic rings. The zero-order chi connectivity index (χ0) is 13.3. The van der Waals surface area contributed by atoms with Crippen molar-refractivity contribution in [2.75, 3.05) is 11.5 Å². The maximum Gasteiger partial charge on any atom is 0.150 e. The molecule has 2 atom stereocenters. The Morgan fingerprint density at radius 1 is 1.39 bits per heavy atom. The van der Waals surface area contributed by atoms with Gasteiger partial charge in [0.25, 0.3) is 0 Å². The van der Waals surface area contributed by atoms with Gasteiger partial charge in [-0.2, -0.15) is 0 Å². The van der Waals surface area contributed by atoms with E-state index in [0.29, 0.717) is 16.5 Å². The molecule has 0 saturated carbocycles. The molecule has 1 aromatic carbocycles. The van der Waals surface area contributed by atoms with E-state index in [4.69, 9.17) is 29.0 Å². The van der Waals surface area contributed by atoms with E-state index in [9.17, 15) is 8.42 Å². The summed E-state index contributed by atoms with van der Waals surface area (Å²) in [6, 6.07) is 4.80. The minimum atomic E-state index is -2.95. The van der Waals surface area contributed by atoms with Crippen LogP contribution in [0.1, 0.15) is 18.0 Å². The fourth-order valence-corrected chi connectivity index (χ4v) is 4.58. The molecule has 4 nitrogen and oxygen atoms in total. The van der Waals surface area contributed by atoms with Crippen molar-refractivity contribution in [3.63, 3.8) is 0 Å². The van der Waals surface area contributed by atoms with Gasteiger partial charge in [0, 0.05) is 10.0 Å². The summed E-state index contributed by atoms with van der Waals surface area (Å²) < 4.78 is 23.0. The zero-order valence-electron chi connectivity index (χ0n) is 9.57. The predicted octanol–water partition coefficient (Wildman–Crippen LogP) is 1.93. The second kappa shape index (κ2) is 5.35. The van der Waals surface area contributed by atoms with Crippen LogP contribution in [-0.4, -0.2) is 19.9 Å². The smallest absolute Gasteiger partial charge is 0.150 e. The van der Waals surface area contributed by atoms with E-state index in [0.717, 1.165) is 5.56 Å². The van der Waals surface area contributed by atoms with Gasteiger partial charge in [0.1, 0.15) is 0 Å². The highest BCUT2D eigenvalue weighted by Crippen LogP contribution is 2.35. The van der Waals surface area contributed by atoms with Crippen molar-refractivity contribution >= 4 is 33.0 Å². The van der Waals surface area contributed by atoms with Crippen molar-refractivity contribution in [2.45, 2.75) is 12.5 Å². The van der Waals surface area contributed by atoms with E-state index in [1.807, 2.05) is 0 Å². The first kappa shape index (κ1) is 14.1. The van der Waals surface area contributed by atoms with Crippen LogP contribution in [0.4, 0.5) is 0 Å². The van der Waals surface area contributed by atoms with Gasteiger partial charge in [0.05, 0.1) is 17.5 Å². The third-order valence-corrected chi connectivity index (χ3v) is 5.58. The van der Waals surface area contributed by atoms with Crippen molar-refractivity contribution in [1.29, 1.82) is 0 Å². The first-order chi connectivity index (χ1) is 8.43. The average molecular weight is 309 g/mol. The Labute approximate surface area is 116 Å². The van der Waals surface area contributed by atoms with Crippen LogP contribution < -0.4 is 11.3 Å². The van der Waals surface area contributed by atoms with Crippen molar-refractivity contribution in [3.05, 3.63) is 33.8 Å². The fourth-order valence-electron chi connectivity index (χ4n) is 2.32. The van der Waals surface area contributed by atoms with Crippen LogP contribution >= 0.6 is 23.2 Å². The van der Waals surface area contributed by atoms with Crippen LogP contribution in [0, 0.1) is 5.92 Å². The summed E-state index contributed by atoms with van der Waals surface area (Å²) in [6.45, 7) is 0. The molecule has 7 heteroatoms. The molecule has 0 amide bonds. The van der Waals surface area contributed by atoms with Crippen molar-refractivity contribution in [2.24, 2.45) is 11.8 Å². The third-order valence-electron chi connectivity index (χ3n) is 3.21. The van der Waals surface area contributed by atoms with E-state index in [1.54, 1.807) is 18.2 Å².